The lowest BCUT2D eigenvalue weighted by molar-refractivity contribution is -0.139. The van der Waals surface area contributed by atoms with Crippen molar-refractivity contribution in [3.8, 4) is 0 Å². The largest absolute Gasteiger partial charge is 0.368 e. The second-order valence-electron chi connectivity index (χ2n) is 8.12. The van der Waals surface area contributed by atoms with Crippen LogP contribution in [-0.2, 0) is 14.3 Å². The molecule has 1 saturated carbocycles. The van der Waals surface area contributed by atoms with Gasteiger partial charge in [-0.2, -0.15) is 0 Å². The lowest BCUT2D eigenvalue weighted by atomic mass is 9.95. The van der Waals surface area contributed by atoms with E-state index in [4.69, 9.17) is 4.74 Å². The van der Waals surface area contributed by atoms with Gasteiger partial charge in [0.25, 0.3) is 5.91 Å². The van der Waals surface area contributed by atoms with E-state index < -0.39 is 12.1 Å². The number of H-pyrrole nitrogens is 1. The van der Waals surface area contributed by atoms with Crippen molar-refractivity contribution in [2.45, 2.75) is 50.3 Å². The number of carbonyl (C=O) groups is 3. The number of aromatic nitrogens is 3. The molecule has 29 heavy (non-hydrogen) atoms. The Morgan fingerprint density at radius 1 is 1.24 bits per heavy atom. The molecular formula is C20H23N5O4. The Balaban J connectivity index is 1.38. The number of hydrogen-bond donors (Lipinski definition) is 2. The zero-order chi connectivity index (χ0) is 20.0. The molecule has 2 amide bonds. The summed E-state index contributed by atoms with van der Waals surface area (Å²) in [5, 5.41) is 13.4. The minimum absolute atomic E-state index is 0.0467. The Labute approximate surface area is 167 Å². The van der Waals surface area contributed by atoms with Gasteiger partial charge in [-0.05, 0) is 43.4 Å². The number of rotatable bonds is 4. The van der Waals surface area contributed by atoms with E-state index in [1.165, 1.54) is 0 Å². The fourth-order valence-electron chi connectivity index (χ4n) is 4.90. The average molecular weight is 397 g/mol. The number of carbonyl (C=O) groups excluding carboxylic acids is 3. The first-order chi connectivity index (χ1) is 14.1. The number of nitrogens with zero attached hydrogens (tertiary/aromatic N) is 3. The summed E-state index contributed by atoms with van der Waals surface area (Å²) >= 11 is 0. The molecule has 1 aromatic carbocycles. The molecule has 2 aliphatic heterocycles. The molecule has 152 valence electrons. The van der Waals surface area contributed by atoms with Crippen LogP contribution in [0.25, 0.3) is 11.0 Å². The van der Waals surface area contributed by atoms with Gasteiger partial charge in [-0.1, -0.05) is 18.1 Å². The predicted molar refractivity (Wildman–Crippen MR) is 102 cm³/mol. The fourth-order valence-corrected chi connectivity index (χ4v) is 4.90. The minimum Gasteiger partial charge on any atom is -0.368 e. The van der Waals surface area contributed by atoms with Crippen LogP contribution >= 0.6 is 0 Å². The summed E-state index contributed by atoms with van der Waals surface area (Å²) in [5.41, 5.74) is 1.78. The third-order valence-electron chi connectivity index (χ3n) is 6.41. The monoisotopic (exact) mass is 397 g/mol. The summed E-state index contributed by atoms with van der Waals surface area (Å²) < 4.78 is 5.51. The van der Waals surface area contributed by atoms with Gasteiger partial charge in [-0.3, -0.25) is 19.5 Å². The summed E-state index contributed by atoms with van der Waals surface area (Å²) in [7, 11) is 0. The third kappa shape index (κ3) is 3.19. The first-order valence-electron chi connectivity index (χ1n) is 10.2. The van der Waals surface area contributed by atoms with E-state index in [0.717, 1.165) is 25.7 Å². The van der Waals surface area contributed by atoms with Gasteiger partial charge in [0.1, 0.15) is 24.2 Å². The number of Topliss-reactive ketones (excluding diaryl/α,β-unsaturated/α-hetero) is 1. The number of benzene rings is 1. The Bertz CT molecular complexity index is 967. The summed E-state index contributed by atoms with van der Waals surface area (Å²) in [6.07, 6.45) is 4.34. The first-order valence-corrected chi connectivity index (χ1v) is 10.2. The number of amides is 2. The topological polar surface area (TPSA) is 117 Å². The van der Waals surface area contributed by atoms with Crippen molar-refractivity contribution >= 4 is 28.6 Å². The molecule has 0 bridgehead atoms. The highest BCUT2D eigenvalue weighted by Gasteiger charge is 2.49. The highest BCUT2D eigenvalue weighted by Crippen LogP contribution is 2.32. The zero-order valence-corrected chi connectivity index (χ0v) is 16.0. The average Bonchev–Trinajstić information content (AvgIpc) is 3.50. The van der Waals surface area contributed by atoms with Crippen LogP contribution in [0.4, 0.5) is 0 Å². The van der Waals surface area contributed by atoms with Crippen molar-refractivity contribution in [3.63, 3.8) is 0 Å². The number of nitrogens with one attached hydrogen (secondary N) is 2. The van der Waals surface area contributed by atoms with Crippen molar-refractivity contribution in [3.05, 3.63) is 23.8 Å². The van der Waals surface area contributed by atoms with Gasteiger partial charge < -0.3 is 15.0 Å². The lowest BCUT2D eigenvalue weighted by Gasteiger charge is -2.30. The molecule has 0 radical (unpaired) electrons. The van der Waals surface area contributed by atoms with Crippen LogP contribution < -0.4 is 5.32 Å². The smallest absolute Gasteiger partial charge is 0.252 e. The number of hydrogen-bond acceptors (Lipinski definition) is 6. The molecule has 9 nitrogen and oxygen atoms in total. The van der Waals surface area contributed by atoms with Crippen LogP contribution in [0.1, 0.15) is 42.5 Å². The van der Waals surface area contributed by atoms with E-state index in [1.807, 2.05) is 0 Å². The molecule has 3 atom stereocenters. The van der Waals surface area contributed by atoms with E-state index in [9.17, 15) is 14.4 Å². The zero-order valence-electron chi connectivity index (χ0n) is 16.0. The van der Waals surface area contributed by atoms with Crippen molar-refractivity contribution in [2.24, 2.45) is 5.92 Å². The van der Waals surface area contributed by atoms with Crippen molar-refractivity contribution in [2.75, 3.05) is 13.2 Å². The fraction of sp³-hybridized carbons (Fsp3) is 0.550. The van der Waals surface area contributed by atoms with E-state index in [2.05, 4.69) is 20.7 Å². The normalized spacial score (nSPS) is 25.5. The first kappa shape index (κ1) is 18.2. The van der Waals surface area contributed by atoms with Crippen LogP contribution in [-0.4, -0.2) is 69.2 Å². The molecule has 0 spiro atoms. The van der Waals surface area contributed by atoms with Gasteiger partial charge >= 0.3 is 0 Å². The van der Waals surface area contributed by atoms with Crippen LogP contribution in [0, 0.1) is 5.92 Å². The molecule has 0 unspecified atom stereocenters. The molecular weight excluding hydrogens is 374 g/mol. The highest BCUT2D eigenvalue weighted by atomic mass is 16.5. The van der Waals surface area contributed by atoms with Gasteiger partial charge in [-0.25, -0.2) is 0 Å². The summed E-state index contributed by atoms with van der Waals surface area (Å²) in [6.45, 7) is 0.558. The van der Waals surface area contributed by atoms with Crippen LogP contribution in [0.15, 0.2) is 18.2 Å². The summed E-state index contributed by atoms with van der Waals surface area (Å²) in [4.78, 5) is 40.3. The van der Waals surface area contributed by atoms with Crippen LogP contribution in [0.5, 0.6) is 0 Å². The van der Waals surface area contributed by atoms with E-state index in [-0.39, 0.29) is 36.2 Å². The van der Waals surface area contributed by atoms with Gasteiger partial charge in [-0.15, -0.1) is 5.10 Å². The van der Waals surface area contributed by atoms with Crippen molar-refractivity contribution < 1.29 is 19.1 Å². The van der Waals surface area contributed by atoms with Gasteiger partial charge in [0.2, 0.25) is 5.91 Å². The SMILES string of the molecule is O=C(N[C@H](C(=O)N1CC[C@H]2OCC(=O)[C@H]21)C1CCCC1)c1ccc2nn[nH]c2c1. The van der Waals surface area contributed by atoms with Gasteiger partial charge in [0.05, 0.1) is 11.6 Å². The molecule has 5 rings (SSSR count). The Morgan fingerprint density at radius 3 is 2.90 bits per heavy atom. The van der Waals surface area contributed by atoms with Crippen LogP contribution in [0.2, 0.25) is 0 Å². The number of aromatic amines is 1. The molecule has 2 saturated heterocycles. The molecule has 3 heterocycles. The Kier molecular flexibility index (Phi) is 4.54. The maximum Gasteiger partial charge on any atom is 0.252 e. The number of likely N-dealkylation sites (tertiary alicyclic amines) is 1. The summed E-state index contributed by atoms with van der Waals surface area (Å²) in [5.74, 6) is -0.438. The maximum absolute atomic E-state index is 13.4. The molecule has 3 fully saturated rings. The third-order valence-corrected chi connectivity index (χ3v) is 6.41. The number of ether oxygens (including phenoxy) is 1. The Hall–Kier alpha value is -2.81. The summed E-state index contributed by atoms with van der Waals surface area (Å²) in [6, 6.07) is 3.95. The van der Waals surface area contributed by atoms with E-state index in [0.29, 0.717) is 29.6 Å². The molecule has 3 aliphatic rings. The van der Waals surface area contributed by atoms with Gasteiger partial charge in [0.15, 0.2) is 5.78 Å². The Morgan fingerprint density at radius 2 is 2.07 bits per heavy atom. The molecule has 1 aromatic heterocycles. The predicted octanol–water partition coefficient (Wildman–Crippen LogP) is 0.815. The number of ketones is 1. The van der Waals surface area contributed by atoms with Crippen molar-refractivity contribution in [1.29, 1.82) is 0 Å². The molecule has 9 heteroatoms. The second-order valence-corrected chi connectivity index (χ2v) is 8.12. The van der Waals surface area contributed by atoms with Crippen LogP contribution in [0.3, 0.4) is 0 Å². The number of fused-ring (bicyclic) bond motifs is 2. The molecule has 2 aromatic rings. The maximum atomic E-state index is 13.4. The second kappa shape index (κ2) is 7.22. The lowest BCUT2D eigenvalue weighted by Crippen LogP contribution is -2.54. The quantitative estimate of drug-likeness (QED) is 0.789. The van der Waals surface area contributed by atoms with E-state index >= 15 is 0 Å². The van der Waals surface area contributed by atoms with E-state index in [1.54, 1.807) is 23.1 Å². The van der Waals surface area contributed by atoms with Crippen molar-refractivity contribution in [1.82, 2.24) is 25.6 Å². The molecule has 1 aliphatic carbocycles. The highest BCUT2D eigenvalue weighted by molar-refractivity contribution is 6.01. The van der Waals surface area contributed by atoms with Gasteiger partial charge in [0, 0.05) is 12.1 Å². The molecule has 2 N–H and O–H groups in total. The standard InChI is InChI=1S/C20H23N5O4/c26-15-10-29-16-7-8-25(18(15)16)20(28)17(11-3-1-2-4-11)21-19(27)12-5-6-13-14(9-12)23-24-22-13/h5-6,9,11,16-18H,1-4,7-8,10H2,(H,21,27)(H,22,23,24)/t16-,17+,18-/m1/s1. The minimum atomic E-state index is -0.632.